The lowest BCUT2D eigenvalue weighted by molar-refractivity contribution is -0.129. The first-order chi connectivity index (χ1) is 11.5. The first-order valence-corrected chi connectivity index (χ1v) is 7.24. The number of carbonyl (C=O) groups excluding carboxylic acids is 1. The smallest absolute Gasteiger partial charge is 0.387 e. The van der Waals surface area contributed by atoms with E-state index in [1.54, 1.807) is 48.3 Å². The van der Waals surface area contributed by atoms with Crippen molar-refractivity contribution in [1.29, 1.82) is 5.26 Å². The lowest BCUT2D eigenvalue weighted by Crippen LogP contribution is -2.27. The summed E-state index contributed by atoms with van der Waals surface area (Å²) in [5, 5.41) is 8.77. The molecular formula is C18H16F2N2O2. The van der Waals surface area contributed by atoms with Crippen LogP contribution in [-0.4, -0.2) is 24.5 Å². The summed E-state index contributed by atoms with van der Waals surface area (Å²) in [4.78, 5) is 13.8. The largest absolute Gasteiger partial charge is 0.435 e. The Morgan fingerprint density at radius 3 is 2.25 bits per heavy atom. The molecule has 124 valence electrons. The molecule has 6 heteroatoms. The summed E-state index contributed by atoms with van der Waals surface area (Å²) < 4.78 is 28.4. The highest BCUT2D eigenvalue weighted by molar-refractivity contribution is 5.78. The molecule has 0 radical (unpaired) electrons. The summed E-state index contributed by atoms with van der Waals surface area (Å²) in [7, 11) is 1.69. The van der Waals surface area contributed by atoms with Gasteiger partial charge in [0, 0.05) is 13.6 Å². The number of halogens is 2. The monoisotopic (exact) mass is 330 g/mol. The molecule has 0 aliphatic rings. The van der Waals surface area contributed by atoms with Crippen LogP contribution in [0, 0.1) is 11.3 Å². The van der Waals surface area contributed by atoms with Gasteiger partial charge in [-0.15, -0.1) is 0 Å². The Bertz CT molecular complexity index is 722. The number of nitrogens with zero attached hydrogens (tertiary/aromatic N) is 2. The van der Waals surface area contributed by atoms with Crippen molar-refractivity contribution in [2.24, 2.45) is 0 Å². The highest BCUT2D eigenvalue weighted by Crippen LogP contribution is 2.16. The summed E-state index contributed by atoms with van der Waals surface area (Å²) in [6, 6.07) is 15.1. The molecule has 0 N–H and O–H groups in total. The average molecular weight is 330 g/mol. The molecule has 0 saturated heterocycles. The van der Waals surface area contributed by atoms with Gasteiger partial charge >= 0.3 is 6.61 Å². The predicted octanol–water partition coefficient (Wildman–Crippen LogP) is 3.36. The molecule has 4 nitrogen and oxygen atoms in total. The van der Waals surface area contributed by atoms with E-state index in [1.165, 1.54) is 12.1 Å². The van der Waals surface area contributed by atoms with Gasteiger partial charge in [0.15, 0.2) is 0 Å². The molecule has 0 unspecified atom stereocenters. The summed E-state index contributed by atoms with van der Waals surface area (Å²) in [5.74, 6) is -0.0333. The van der Waals surface area contributed by atoms with Crippen molar-refractivity contribution in [1.82, 2.24) is 4.90 Å². The van der Waals surface area contributed by atoms with Crippen molar-refractivity contribution < 1.29 is 18.3 Å². The van der Waals surface area contributed by atoms with Crippen LogP contribution >= 0.6 is 0 Å². The van der Waals surface area contributed by atoms with Crippen LogP contribution in [0.2, 0.25) is 0 Å². The third kappa shape index (κ3) is 5.06. The van der Waals surface area contributed by atoms with Gasteiger partial charge in [-0.05, 0) is 35.4 Å². The molecule has 2 aromatic rings. The van der Waals surface area contributed by atoms with E-state index in [9.17, 15) is 13.6 Å². The van der Waals surface area contributed by atoms with E-state index < -0.39 is 6.61 Å². The molecular weight excluding hydrogens is 314 g/mol. The number of ether oxygens (including phenoxy) is 1. The second-order valence-corrected chi connectivity index (χ2v) is 5.26. The van der Waals surface area contributed by atoms with Crippen LogP contribution in [0.25, 0.3) is 0 Å². The van der Waals surface area contributed by atoms with E-state index in [4.69, 9.17) is 5.26 Å². The quantitative estimate of drug-likeness (QED) is 0.816. The zero-order chi connectivity index (χ0) is 17.5. The molecule has 0 heterocycles. The molecule has 0 aliphatic heterocycles. The minimum Gasteiger partial charge on any atom is -0.435 e. The molecule has 1 amide bonds. The second-order valence-electron chi connectivity index (χ2n) is 5.26. The summed E-state index contributed by atoms with van der Waals surface area (Å²) in [6.07, 6.45) is 0.168. The number of hydrogen-bond acceptors (Lipinski definition) is 3. The Hall–Kier alpha value is -2.94. The molecule has 0 aliphatic carbocycles. The molecule has 0 atom stereocenters. The van der Waals surface area contributed by atoms with Crippen LogP contribution in [-0.2, 0) is 17.8 Å². The van der Waals surface area contributed by atoms with E-state index in [0.717, 1.165) is 5.56 Å². The van der Waals surface area contributed by atoms with Gasteiger partial charge in [-0.25, -0.2) is 0 Å². The van der Waals surface area contributed by atoms with E-state index >= 15 is 0 Å². The number of amides is 1. The van der Waals surface area contributed by atoms with Gasteiger partial charge in [-0.1, -0.05) is 24.3 Å². The first-order valence-electron chi connectivity index (χ1n) is 7.24. The summed E-state index contributed by atoms with van der Waals surface area (Å²) in [5.41, 5.74) is 2.21. The fraction of sp³-hybridized carbons (Fsp3) is 0.222. The van der Waals surface area contributed by atoms with Crippen molar-refractivity contribution in [3.05, 3.63) is 65.2 Å². The normalized spacial score (nSPS) is 10.3. The predicted molar refractivity (Wildman–Crippen MR) is 84.4 cm³/mol. The first kappa shape index (κ1) is 17.4. The molecule has 2 aromatic carbocycles. The zero-order valence-corrected chi connectivity index (χ0v) is 13.1. The van der Waals surface area contributed by atoms with Crippen LogP contribution in [0.5, 0.6) is 5.75 Å². The van der Waals surface area contributed by atoms with E-state index in [2.05, 4.69) is 4.74 Å². The summed E-state index contributed by atoms with van der Waals surface area (Å²) in [6.45, 7) is -2.44. The maximum atomic E-state index is 12.2. The van der Waals surface area contributed by atoms with Gasteiger partial charge in [0.05, 0.1) is 18.1 Å². The number of carbonyl (C=O) groups is 1. The molecule has 0 saturated carbocycles. The average Bonchev–Trinajstić information content (AvgIpc) is 2.56. The van der Waals surface area contributed by atoms with Gasteiger partial charge in [0.2, 0.25) is 5.91 Å². The van der Waals surface area contributed by atoms with Crippen LogP contribution in [0.15, 0.2) is 48.5 Å². The highest BCUT2D eigenvalue weighted by Gasteiger charge is 2.11. The van der Waals surface area contributed by atoms with Crippen molar-refractivity contribution >= 4 is 5.91 Å². The summed E-state index contributed by atoms with van der Waals surface area (Å²) >= 11 is 0. The number of benzene rings is 2. The van der Waals surface area contributed by atoms with Crippen molar-refractivity contribution in [2.45, 2.75) is 19.6 Å². The molecule has 0 fully saturated rings. The number of likely N-dealkylation sites (N-methyl/N-ethyl adjacent to an activating group) is 1. The standard InChI is InChI=1S/C18H16F2N2O2/c1-22(12-15-4-2-14(11-21)3-5-15)17(23)10-13-6-8-16(9-7-13)24-18(19)20/h2-9,18H,10,12H2,1H3. The zero-order valence-electron chi connectivity index (χ0n) is 13.1. The third-order valence-electron chi connectivity index (χ3n) is 3.43. The van der Waals surface area contributed by atoms with E-state index in [-0.39, 0.29) is 18.1 Å². The topological polar surface area (TPSA) is 53.3 Å². The number of hydrogen-bond donors (Lipinski definition) is 0. The Morgan fingerprint density at radius 1 is 1.12 bits per heavy atom. The molecule has 0 bridgehead atoms. The lowest BCUT2D eigenvalue weighted by Gasteiger charge is -2.17. The minimum absolute atomic E-state index is 0.0622. The SMILES string of the molecule is CN(Cc1ccc(C#N)cc1)C(=O)Cc1ccc(OC(F)F)cc1. The number of alkyl halides is 2. The number of rotatable bonds is 6. The Balaban J connectivity index is 1.92. The molecule has 2 rings (SSSR count). The van der Waals surface area contributed by atoms with Crippen molar-refractivity contribution in [3.63, 3.8) is 0 Å². The molecule has 0 spiro atoms. The van der Waals surface area contributed by atoms with Crippen LogP contribution in [0.3, 0.4) is 0 Å². The lowest BCUT2D eigenvalue weighted by atomic mass is 10.1. The maximum absolute atomic E-state index is 12.2. The van der Waals surface area contributed by atoms with Crippen molar-refractivity contribution in [3.8, 4) is 11.8 Å². The fourth-order valence-corrected chi connectivity index (χ4v) is 2.15. The van der Waals surface area contributed by atoms with Gasteiger partial charge < -0.3 is 9.64 Å². The van der Waals surface area contributed by atoms with Gasteiger partial charge in [-0.3, -0.25) is 4.79 Å². The fourth-order valence-electron chi connectivity index (χ4n) is 2.15. The highest BCUT2D eigenvalue weighted by atomic mass is 19.3. The third-order valence-corrected chi connectivity index (χ3v) is 3.43. The van der Waals surface area contributed by atoms with Crippen molar-refractivity contribution in [2.75, 3.05) is 7.05 Å². The van der Waals surface area contributed by atoms with Gasteiger partial charge in [-0.2, -0.15) is 14.0 Å². The number of nitriles is 1. The van der Waals surface area contributed by atoms with E-state index in [1.807, 2.05) is 6.07 Å². The van der Waals surface area contributed by atoms with Crippen LogP contribution < -0.4 is 4.74 Å². The van der Waals surface area contributed by atoms with Crippen LogP contribution in [0.4, 0.5) is 8.78 Å². The molecule has 0 aromatic heterocycles. The Labute approximate surface area is 138 Å². The Kier molecular flexibility index (Phi) is 5.85. The van der Waals surface area contributed by atoms with E-state index in [0.29, 0.717) is 17.7 Å². The van der Waals surface area contributed by atoms with Gasteiger partial charge in [0.1, 0.15) is 5.75 Å². The Morgan fingerprint density at radius 2 is 1.71 bits per heavy atom. The minimum atomic E-state index is -2.86. The van der Waals surface area contributed by atoms with Gasteiger partial charge in [0.25, 0.3) is 0 Å². The van der Waals surface area contributed by atoms with Crippen LogP contribution in [0.1, 0.15) is 16.7 Å². The maximum Gasteiger partial charge on any atom is 0.387 e. The molecule has 24 heavy (non-hydrogen) atoms. The second kappa shape index (κ2) is 8.06.